The molecule has 3 nitrogen and oxygen atoms in total. The maximum Gasteiger partial charge on any atom is 0.0367 e. The standard InChI is InChI=1S/C24H33N3.ClH/c1-20-8-10-23(11-9-20)26-16-18-27(19-17-26)24-12-14-25(15-13-24)21(2)22-6-4-3-5-7-22;/h3-11,21,24H,12-19H2,1-2H3;1H. The molecule has 0 radical (unpaired) electrons. The van der Waals surface area contributed by atoms with Crippen molar-refractivity contribution >= 4 is 18.1 Å². The summed E-state index contributed by atoms with van der Waals surface area (Å²) in [5.41, 5.74) is 4.17. The minimum Gasteiger partial charge on any atom is -0.369 e. The molecule has 0 saturated carbocycles. The van der Waals surface area contributed by atoms with Gasteiger partial charge in [0.05, 0.1) is 0 Å². The summed E-state index contributed by atoms with van der Waals surface area (Å²) in [4.78, 5) is 7.95. The number of piperazine rings is 1. The summed E-state index contributed by atoms with van der Waals surface area (Å²) in [6.45, 7) is 11.7. The molecule has 2 fully saturated rings. The minimum atomic E-state index is 0. The third-order valence-corrected chi connectivity index (χ3v) is 6.56. The van der Waals surface area contributed by atoms with Crippen LogP contribution in [0.5, 0.6) is 0 Å². The molecule has 4 rings (SSSR count). The largest absolute Gasteiger partial charge is 0.369 e. The molecule has 2 heterocycles. The highest BCUT2D eigenvalue weighted by atomic mass is 35.5. The van der Waals surface area contributed by atoms with E-state index in [0.717, 1.165) is 19.1 Å². The molecule has 0 spiro atoms. The topological polar surface area (TPSA) is 9.72 Å². The van der Waals surface area contributed by atoms with Crippen molar-refractivity contribution in [1.29, 1.82) is 0 Å². The van der Waals surface area contributed by atoms with E-state index in [9.17, 15) is 0 Å². The Morgan fingerprint density at radius 1 is 0.786 bits per heavy atom. The van der Waals surface area contributed by atoms with Gasteiger partial charge in [0.2, 0.25) is 0 Å². The molecule has 2 aliphatic rings. The van der Waals surface area contributed by atoms with Gasteiger partial charge in [-0.05, 0) is 44.4 Å². The molecule has 2 saturated heterocycles. The normalized spacial score (nSPS) is 20.6. The third-order valence-electron chi connectivity index (χ3n) is 6.56. The average molecular weight is 400 g/mol. The van der Waals surface area contributed by atoms with E-state index in [0.29, 0.717) is 6.04 Å². The number of hydrogen-bond acceptors (Lipinski definition) is 3. The highest BCUT2D eigenvalue weighted by molar-refractivity contribution is 5.85. The van der Waals surface area contributed by atoms with Crippen LogP contribution in [0.3, 0.4) is 0 Å². The van der Waals surface area contributed by atoms with E-state index in [1.807, 2.05) is 0 Å². The second kappa shape index (κ2) is 9.78. The van der Waals surface area contributed by atoms with Crippen LogP contribution in [0.25, 0.3) is 0 Å². The second-order valence-electron chi connectivity index (χ2n) is 8.21. The summed E-state index contributed by atoms with van der Waals surface area (Å²) in [5, 5.41) is 0. The van der Waals surface area contributed by atoms with Gasteiger partial charge in [0, 0.05) is 57.0 Å². The number of aryl methyl sites for hydroxylation is 1. The number of hydrogen-bond donors (Lipinski definition) is 0. The zero-order chi connectivity index (χ0) is 18.6. The lowest BCUT2D eigenvalue weighted by Gasteiger charge is -2.44. The molecule has 0 N–H and O–H groups in total. The van der Waals surface area contributed by atoms with Crippen molar-refractivity contribution in [3.63, 3.8) is 0 Å². The summed E-state index contributed by atoms with van der Waals surface area (Å²) < 4.78 is 0. The van der Waals surface area contributed by atoms with Crippen LogP contribution >= 0.6 is 12.4 Å². The molecule has 0 aromatic heterocycles. The summed E-state index contributed by atoms with van der Waals surface area (Å²) in [6.07, 6.45) is 2.61. The predicted octanol–water partition coefficient (Wildman–Crippen LogP) is 4.76. The van der Waals surface area contributed by atoms with Gasteiger partial charge in [0.15, 0.2) is 0 Å². The van der Waals surface area contributed by atoms with Crippen LogP contribution in [0.4, 0.5) is 5.69 Å². The fourth-order valence-corrected chi connectivity index (χ4v) is 4.68. The number of benzene rings is 2. The van der Waals surface area contributed by atoms with Gasteiger partial charge in [0.1, 0.15) is 0 Å². The van der Waals surface area contributed by atoms with Gasteiger partial charge in [-0.3, -0.25) is 9.80 Å². The lowest BCUT2D eigenvalue weighted by molar-refractivity contribution is 0.0840. The lowest BCUT2D eigenvalue weighted by atomic mass is 9.98. The van der Waals surface area contributed by atoms with E-state index in [1.54, 1.807) is 0 Å². The first kappa shape index (κ1) is 21.2. The van der Waals surface area contributed by atoms with E-state index >= 15 is 0 Å². The number of halogens is 1. The number of piperidine rings is 1. The lowest BCUT2D eigenvalue weighted by Crippen LogP contribution is -2.53. The molecule has 28 heavy (non-hydrogen) atoms. The van der Waals surface area contributed by atoms with Gasteiger partial charge in [-0.2, -0.15) is 0 Å². The number of nitrogens with zero attached hydrogens (tertiary/aromatic N) is 3. The van der Waals surface area contributed by atoms with Crippen LogP contribution in [0.1, 0.15) is 36.9 Å². The Bertz CT molecular complexity index is 702. The van der Waals surface area contributed by atoms with Crippen LogP contribution in [0.15, 0.2) is 54.6 Å². The van der Waals surface area contributed by atoms with Crippen LogP contribution in [-0.2, 0) is 0 Å². The molecular formula is C24H34ClN3. The Balaban J connectivity index is 0.00000225. The smallest absolute Gasteiger partial charge is 0.0367 e. The first-order valence-electron chi connectivity index (χ1n) is 10.6. The SMILES string of the molecule is Cc1ccc(N2CCN(C3CCN(C(C)c4ccccc4)CC3)CC2)cc1.Cl. The molecule has 0 bridgehead atoms. The molecule has 0 aliphatic carbocycles. The van der Waals surface area contributed by atoms with E-state index in [1.165, 1.54) is 55.8 Å². The summed E-state index contributed by atoms with van der Waals surface area (Å²) in [7, 11) is 0. The van der Waals surface area contributed by atoms with Gasteiger partial charge in [0.25, 0.3) is 0 Å². The highest BCUT2D eigenvalue weighted by Gasteiger charge is 2.29. The van der Waals surface area contributed by atoms with Crippen LogP contribution < -0.4 is 4.90 Å². The molecule has 152 valence electrons. The number of likely N-dealkylation sites (tertiary alicyclic amines) is 1. The summed E-state index contributed by atoms with van der Waals surface area (Å²) >= 11 is 0. The van der Waals surface area contributed by atoms with Gasteiger partial charge in [-0.1, -0.05) is 48.0 Å². The number of rotatable bonds is 4. The second-order valence-corrected chi connectivity index (χ2v) is 8.21. The van der Waals surface area contributed by atoms with E-state index < -0.39 is 0 Å². The van der Waals surface area contributed by atoms with Crippen molar-refractivity contribution < 1.29 is 0 Å². The predicted molar refractivity (Wildman–Crippen MR) is 122 cm³/mol. The van der Waals surface area contributed by atoms with Crippen molar-refractivity contribution in [3.05, 3.63) is 65.7 Å². The van der Waals surface area contributed by atoms with E-state index in [4.69, 9.17) is 0 Å². The Morgan fingerprint density at radius 3 is 2.00 bits per heavy atom. The Labute approximate surface area is 176 Å². The molecule has 0 amide bonds. The molecule has 2 aromatic rings. The zero-order valence-corrected chi connectivity index (χ0v) is 18.1. The van der Waals surface area contributed by atoms with Gasteiger partial charge >= 0.3 is 0 Å². The maximum absolute atomic E-state index is 2.75. The summed E-state index contributed by atoms with van der Waals surface area (Å²) in [5.74, 6) is 0. The molecule has 1 unspecified atom stereocenters. The van der Waals surface area contributed by atoms with Crippen LogP contribution in [0.2, 0.25) is 0 Å². The average Bonchev–Trinajstić information content (AvgIpc) is 2.75. The maximum atomic E-state index is 2.75. The van der Waals surface area contributed by atoms with E-state index in [-0.39, 0.29) is 12.4 Å². The monoisotopic (exact) mass is 399 g/mol. The zero-order valence-electron chi connectivity index (χ0n) is 17.3. The molecule has 2 aromatic carbocycles. The molecular weight excluding hydrogens is 366 g/mol. The van der Waals surface area contributed by atoms with Crippen LogP contribution in [0, 0.1) is 6.92 Å². The molecule has 4 heteroatoms. The van der Waals surface area contributed by atoms with Crippen molar-refractivity contribution in [1.82, 2.24) is 9.80 Å². The van der Waals surface area contributed by atoms with E-state index in [2.05, 4.69) is 83.1 Å². The molecule has 1 atom stereocenters. The fourth-order valence-electron chi connectivity index (χ4n) is 4.68. The van der Waals surface area contributed by atoms with Crippen LogP contribution in [-0.4, -0.2) is 55.1 Å². The Kier molecular flexibility index (Phi) is 7.39. The highest BCUT2D eigenvalue weighted by Crippen LogP contribution is 2.27. The minimum absolute atomic E-state index is 0. The fraction of sp³-hybridized carbons (Fsp3) is 0.500. The first-order chi connectivity index (χ1) is 13.2. The van der Waals surface area contributed by atoms with Crippen molar-refractivity contribution in [2.75, 3.05) is 44.2 Å². The van der Waals surface area contributed by atoms with Crippen molar-refractivity contribution in [3.8, 4) is 0 Å². The van der Waals surface area contributed by atoms with Crippen molar-refractivity contribution in [2.24, 2.45) is 0 Å². The quantitative estimate of drug-likeness (QED) is 0.733. The first-order valence-corrected chi connectivity index (χ1v) is 10.6. The van der Waals surface area contributed by atoms with Gasteiger partial charge in [-0.25, -0.2) is 0 Å². The van der Waals surface area contributed by atoms with Crippen molar-refractivity contribution in [2.45, 2.75) is 38.8 Å². The molecule has 2 aliphatic heterocycles. The Hall–Kier alpha value is -1.55. The van der Waals surface area contributed by atoms with Gasteiger partial charge < -0.3 is 4.90 Å². The third kappa shape index (κ3) is 4.89. The van der Waals surface area contributed by atoms with Gasteiger partial charge in [-0.15, -0.1) is 12.4 Å². The Morgan fingerprint density at radius 2 is 1.39 bits per heavy atom. The summed E-state index contributed by atoms with van der Waals surface area (Å²) in [6, 6.07) is 21.3. The number of anilines is 1.